The maximum absolute atomic E-state index is 12.8. The van der Waals surface area contributed by atoms with Gasteiger partial charge in [0.2, 0.25) is 0 Å². The molecule has 0 aliphatic carbocycles. The van der Waals surface area contributed by atoms with Gasteiger partial charge in [0.1, 0.15) is 5.82 Å². The van der Waals surface area contributed by atoms with Gasteiger partial charge in [0.15, 0.2) is 0 Å². The van der Waals surface area contributed by atoms with Crippen LogP contribution in [-0.4, -0.2) is 45.0 Å². The van der Waals surface area contributed by atoms with Crippen LogP contribution >= 0.6 is 23.2 Å². The number of aromatic amines is 1. The van der Waals surface area contributed by atoms with Crippen LogP contribution in [0.5, 0.6) is 0 Å². The predicted octanol–water partition coefficient (Wildman–Crippen LogP) is 4.37. The largest absolute Gasteiger partial charge is 0.338 e. The highest BCUT2D eigenvalue weighted by atomic mass is 35.5. The number of imidazole rings is 1. The number of halogens is 2. The fraction of sp³-hybridized carbons (Fsp3) is 0.263. The maximum atomic E-state index is 12.8. The van der Waals surface area contributed by atoms with E-state index >= 15 is 0 Å². The molecule has 5 nitrogen and oxygen atoms in total. The van der Waals surface area contributed by atoms with Crippen LogP contribution < -0.4 is 0 Å². The highest BCUT2D eigenvalue weighted by Gasteiger charge is 2.40. The van der Waals surface area contributed by atoms with Crippen LogP contribution in [0.15, 0.2) is 36.4 Å². The van der Waals surface area contributed by atoms with Gasteiger partial charge in [-0.2, -0.15) is 0 Å². The van der Waals surface area contributed by atoms with Crippen LogP contribution in [0.3, 0.4) is 0 Å². The zero-order valence-electron chi connectivity index (χ0n) is 13.9. The van der Waals surface area contributed by atoms with Gasteiger partial charge in [-0.3, -0.25) is 9.80 Å². The fourth-order valence-electron chi connectivity index (χ4n) is 3.88. The molecule has 7 heteroatoms. The minimum absolute atomic E-state index is 0.0831. The molecular formula is C19H16Cl2N4O. The van der Waals surface area contributed by atoms with Gasteiger partial charge in [0, 0.05) is 24.2 Å². The lowest BCUT2D eigenvalue weighted by molar-refractivity contribution is 0.0334. The first-order valence-corrected chi connectivity index (χ1v) is 9.39. The number of hydrogen-bond acceptors (Lipinski definition) is 3. The zero-order chi connectivity index (χ0) is 17.8. The number of nitrogens with zero attached hydrogens (tertiary/aromatic N) is 3. The normalized spacial score (nSPS) is 21.7. The van der Waals surface area contributed by atoms with E-state index in [4.69, 9.17) is 23.2 Å². The monoisotopic (exact) mass is 386 g/mol. The van der Waals surface area contributed by atoms with Crippen molar-refractivity contribution in [2.75, 3.05) is 13.1 Å². The summed E-state index contributed by atoms with van der Waals surface area (Å²) in [7, 11) is 0. The molecule has 0 atom stereocenters. The summed E-state index contributed by atoms with van der Waals surface area (Å²) in [4.78, 5) is 20.6. The number of hydrogen-bond donors (Lipinski definition) is 1. The number of benzene rings is 2. The molecule has 26 heavy (non-hydrogen) atoms. The van der Waals surface area contributed by atoms with Gasteiger partial charge in [-0.05, 0) is 37.1 Å². The molecule has 3 aromatic rings. The molecule has 2 bridgehead atoms. The van der Waals surface area contributed by atoms with Gasteiger partial charge < -0.3 is 4.98 Å². The molecule has 0 radical (unpaired) electrons. The first-order chi connectivity index (χ1) is 12.6. The summed E-state index contributed by atoms with van der Waals surface area (Å²) in [5.74, 6) is 0.807. The van der Waals surface area contributed by atoms with E-state index in [-0.39, 0.29) is 5.91 Å². The van der Waals surface area contributed by atoms with Crippen molar-refractivity contribution >= 4 is 40.1 Å². The molecule has 1 aromatic heterocycles. The topological polar surface area (TPSA) is 52.2 Å². The number of carbonyl (C=O) groups is 1. The minimum Gasteiger partial charge on any atom is -0.338 e. The second-order valence-electron chi connectivity index (χ2n) is 6.78. The van der Waals surface area contributed by atoms with Gasteiger partial charge in [-0.15, -0.1) is 0 Å². The summed E-state index contributed by atoms with van der Waals surface area (Å²) in [6.07, 6.45) is 2.15. The molecule has 2 aromatic carbocycles. The van der Waals surface area contributed by atoms with Crippen molar-refractivity contribution in [1.82, 2.24) is 20.0 Å². The van der Waals surface area contributed by atoms with Crippen LogP contribution in [0.25, 0.3) is 22.4 Å². The molecule has 2 aliphatic heterocycles. The standard InChI is InChI=1S/C19H16Cl2N4O/c20-14-9-16-17(10-15(14)21)23-18(22-16)11-1-3-12(4-2-11)19(26)25-13-5-7-24(25)8-6-13/h1-4,9-10,13H,5-8H2,(H,22,23). The number of H-pyrrole nitrogens is 1. The summed E-state index contributed by atoms with van der Waals surface area (Å²) in [5, 5.41) is 5.06. The lowest BCUT2D eigenvalue weighted by Gasteiger charge is -2.23. The first-order valence-electron chi connectivity index (χ1n) is 8.64. The number of nitrogens with one attached hydrogen (secondary N) is 1. The summed E-state index contributed by atoms with van der Waals surface area (Å²) in [6, 6.07) is 11.4. The summed E-state index contributed by atoms with van der Waals surface area (Å²) in [6.45, 7) is 1.97. The second kappa shape index (κ2) is 5.98. The Balaban J connectivity index is 1.44. The number of rotatable bonds is 2. The zero-order valence-corrected chi connectivity index (χ0v) is 15.4. The van der Waals surface area contributed by atoms with Crippen molar-refractivity contribution < 1.29 is 4.79 Å². The number of piperidine rings is 1. The summed E-state index contributed by atoms with van der Waals surface area (Å²) in [5.41, 5.74) is 3.21. The van der Waals surface area contributed by atoms with E-state index in [1.165, 1.54) is 0 Å². The number of aromatic nitrogens is 2. The van der Waals surface area contributed by atoms with Crippen LogP contribution in [0, 0.1) is 0 Å². The molecule has 3 heterocycles. The lowest BCUT2D eigenvalue weighted by Crippen LogP contribution is -2.38. The summed E-state index contributed by atoms with van der Waals surface area (Å²) >= 11 is 12.1. The van der Waals surface area contributed by atoms with E-state index in [0.717, 1.165) is 48.4 Å². The molecule has 5 rings (SSSR count). The van der Waals surface area contributed by atoms with Gasteiger partial charge in [-0.25, -0.2) is 9.99 Å². The summed E-state index contributed by atoms with van der Waals surface area (Å²) < 4.78 is 0. The number of hydrazine groups is 1. The SMILES string of the molecule is O=C(c1ccc(-c2nc3cc(Cl)c(Cl)cc3[nH]2)cc1)N1C2CCN1CC2. The Morgan fingerprint density at radius 3 is 2.42 bits per heavy atom. The molecular weight excluding hydrogens is 371 g/mol. The van der Waals surface area contributed by atoms with Crippen molar-refractivity contribution in [3.63, 3.8) is 0 Å². The molecule has 1 N–H and O–H groups in total. The van der Waals surface area contributed by atoms with Gasteiger partial charge >= 0.3 is 0 Å². The molecule has 1 amide bonds. The van der Waals surface area contributed by atoms with Gasteiger partial charge in [0.25, 0.3) is 5.91 Å². The Morgan fingerprint density at radius 2 is 1.77 bits per heavy atom. The van der Waals surface area contributed by atoms with Crippen molar-refractivity contribution in [3.05, 3.63) is 52.0 Å². The third-order valence-electron chi connectivity index (χ3n) is 5.23. The van der Waals surface area contributed by atoms with Crippen LogP contribution in [0.1, 0.15) is 23.2 Å². The molecule has 2 fully saturated rings. The Labute approximate surface area is 160 Å². The fourth-order valence-corrected chi connectivity index (χ4v) is 4.20. The third kappa shape index (κ3) is 2.50. The minimum atomic E-state index is 0.0831. The van der Waals surface area contributed by atoms with Crippen molar-refractivity contribution in [2.45, 2.75) is 18.9 Å². The maximum Gasteiger partial charge on any atom is 0.268 e. The van der Waals surface area contributed by atoms with Crippen LogP contribution in [0.4, 0.5) is 0 Å². The molecule has 2 saturated heterocycles. The molecule has 0 saturated carbocycles. The van der Waals surface area contributed by atoms with Crippen molar-refractivity contribution in [2.24, 2.45) is 0 Å². The van der Waals surface area contributed by atoms with E-state index in [2.05, 4.69) is 15.0 Å². The smallest absolute Gasteiger partial charge is 0.268 e. The molecule has 0 unspecified atom stereocenters. The van der Waals surface area contributed by atoms with E-state index in [9.17, 15) is 4.79 Å². The average molecular weight is 387 g/mol. The van der Waals surface area contributed by atoms with Crippen LogP contribution in [0.2, 0.25) is 10.0 Å². The number of carbonyl (C=O) groups excluding carboxylic acids is 1. The van der Waals surface area contributed by atoms with Crippen molar-refractivity contribution in [3.8, 4) is 11.4 Å². The average Bonchev–Trinajstić information content (AvgIpc) is 3.36. The second-order valence-corrected chi connectivity index (χ2v) is 7.60. The molecule has 0 spiro atoms. The Bertz CT molecular complexity index is 955. The van der Waals surface area contributed by atoms with E-state index in [1.807, 2.05) is 29.3 Å². The molecule has 2 aliphatic rings. The quantitative estimate of drug-likeness (QED) is 0.711. The van der Waals surface area contributed by atoms with Crippen molar-refractivity contribution in [1.29, 1.82) is 0 Å². The van der Waals surface area contributed by atoms with Gasteiger partial charge in [-0.1, -0.05) is 35.3 Å². The Morgan fingerprint density at radius 1 is 1.08 bits per heavy atom. The highest BCUT2D eigenvalue weighted by Crippen LogP contribution is 2.31. The van der Waals surface area contributed by atoms with E-state index in [0.29, 0.717) is 21.7 Å². The lowest BCUT2D eigenvalue weighted by atomic mass is 10.1. The van der Waals surface area contributed by atoms with E-state index < -0.39 is 0 Å². The highest BCUT2D eigenvalue weighted by molar-refractivity contribution is 6.42. The molecule has 132 valence electrons. The Hall–Kier alpha value is -2.08. The predicted molar refractivity (Wildman–Crippen MR) is 102 cm³/mol. The number of fused-ring (bicyclic) bond motifs is 3. The number of amides is 1. The van der Waals surface area contributed by atoms with Gasteiger partial charge in [0.05, 0.1) is 27.1 Å². The van der Waals surface area contributed by atoms with Crippen LogP contribution in [-0.2, 0) is 0 Å². The first kappa shape index (κ1) is 16.1. The third-order valence-corrected chi connectivity index (χ3v) is 5.95. The Kier molecular flexibility index (Phi) is 3.71. The van der Waals surface area contributed by atoms with E-state index in [1.54, 1.807) is 12.1 Å².